The molecule has 1 aromatic carbocycles. The summed E-state index contributed by atoms with van der Waals surface area (Å²) in [5.41, 5.74) is 3.31. The first-order valence-electron chi connectivity index (χ1n) is 5.44. The fourth-order valence-electron chi connectivity index (χ4n) is 1.55. The lowest BCUT2D eigenvalue weighted by Gasteiger charge is -2.10. The second-order valence-electron chi connectivity index (χ2n) is 3.96. The van der Waals surface area contributed by atoms with Crippen molar-refractivity contribution in [3.63, 3.8) is 0 Å². The molecule has 0 saturated heterocycles. The van der Waals surface area contributed by atoms with E-state index in [0.717, 1.165) is 22.6 Å². The zero-order chi connectivity index (χ0) is 12.3. The number of nitrogens with zero attached hydrogens (tertiary/aromatic N) is 1. The third-order valence-corrected chi connectivity index (χ3v) is 3.02. The lowest BCUT2D eigenvalue weighted by atomic mass is 10.1. The second-order valence-corrected chi connectivity index (χ2v) is 4.23. The quantitative estimate of drug-likeness (QED) is 0.758. The van der Waals surface area contributed by atoms with Gasteiger partial charge in [0.2, 0.25) is 0 Å². The molecule has 0 saturated carbocycles. The maximum absolute atomic E-state index is 5.81. The Balaban J connectivity index is 2.28. The van der Waals surface area contributed by atoms with Crippen LogP contribution in [0.15, 0.2) is 36.7 Å². The van der Waals surface area contributed by atoms with Gasteiger partial charge >= 0.3 is 0 Å². The summed E-state index contributed by atoms with van der Waals surface area (Å²) in [5, 5.41) is 0. The van der Waals surface area contributed by atoms with Gasteiger partial charge in [-0.2, -0.15) is 0 Å². The van der Waals surface area contributed by atoms with Gasteiger partial charge in [-0.25, -0.2) is 0 Å². The molecule has 0 unspecified atom stereocenters. The van der Waals surface area contributed by atoms with Gasteiger partial charge in [0.05, 0.1) is 6.20 Å². The standard InChI is InChI=1S/C14H14ClNO/c1-10-4-3-5-14(11(10)2)17-13-6-12(7-15)8-16-9-13/h3-6,8-9H,7H2,1-2H3. The van der Waals surface area contributed by atoms with Crippen LogP contribution >= 0.6 is 11.6 Å². The van der Waals surface area contributed by atoms with E-state index in [1.807, 2.05) is 25.1 Å². The lowest BCUT2D eigenvalue weighted by Crippen LogP contribution is -1.91. The van der Waals surface area contributed by atoms with Crippen LogP contribution < -0.4 is 4.74 Å². The Morgan fingerprint density at radius 3 is 2.82 bits per heavy atom. The molecule has 0 radical (unpaired) electrons. The van der Waals surface area contributed by atoms with Crippen molar-refractivity contribution in [1.82, 2.24) is 4.98 Å². The maximum atomic E-state index is 5.81. The first kappa shape index (κ1) is 11.9. The fourth-order valence-corrected chi connectivity index (χ4v) is 1.70. The number of ether oxygens (including phenoxy) is 1. The summed E-state index contributed by atoms with van der Waals surface area (Å²) in [6, 6.07) is 7.91. The monoisotopic (exact) mass is 247 g/mol. The van der Waals surface area contributed by atoms with E-state index in [1.54, 1.807) is 12.4 Å². The van der Waals surface area contributed by atoms with Crippen molar-refractivity contribution in [1.29, 1.82) is 0 Å². The van der Waals surface area contributed by atoms with Gasteiger partial charge in [0.15, 0.2) is 0 Å². The van der Waals surface area contributed by atoms with E-state index < -0.39 is 0 Å². The zero-order valence-electron chi connectivity index (χ0n) is 9.90. The highest BCUT2D eigenvalue weighted by molar-refractivity contribution is 6.17. The topological polar surface area (TPSA) is 22.1 Å². The molecule has 0 N–H and O–H groups in total. The molecule has 2 rings (SSSR count). The molecule has 2 aromatic rings. The number of benzene rings is 1. The normalized spacial score (nSPS) is 10.3. The van der Waals surface area contributed by atoms with Crippen molar-refractivity contribution in [2.24, 2.45) is 0 Å². The molecule has 0 aliphatic heterocycles. The highest BCUT2D eigenvalue weighted by Crippen LogP contribution is 2.26. The summed E-state index contributed by atoms with van der Waals surface area (Å²) in [4.78, 5) is 4.09. The van der Waals surface area contributed by atoms with Gasteiger partial charge in [-0.05, 0) is 42.7 Å². The van der Waals surface area contributed by atoms with E-state index in [2.05, 4.69) is 18.0 Å². The number of alkyl halides is 1. The van der Waals surface area contributed by atoms with Gasteiger partial charge in [-0.3, -0.25) is 4.98 Å². The molecule has 17 heavy (non-hydrogen) atoms. The predicted molar refractivity (Wildman–Crippen MR) is 69.8 cm³/mol. The molecule has 1 heterocycles. The number of rotatable bonds is 3. The minimum Gasteiger partial charge on any atom is -0.455 e. The molecule has 0 spiro atoms. The van der Waals surface area contributed by atoms with Gasteiger partial charge < -0.3 is 4.74 Å². The summed E-state index contributed by atoms with van der Waals surface area (Å²) in [5.74, 6) is 2.02. The van der Waals surface area contributed by atoms with Crippen LogP contribution in [0.3, 0.4) is 0 Å². The molecule has 3 heteroatoms. The number of hydrogen-bond acceptors (Lipinski definition) is 2. The predicted octanol–water partition coefficient (Wildman–Crippen LogP) is 4.23. The molecule has 0 amide bonds. The van der Waals surface area contributed by atoms with Gasteiger partial charge in [0.25, 0.3) is 0 Å². The summed E-state index contributed by atoms with van der Waals surface area (Å²) in [6.45, 7) is 4.11. The van der Waals surface area contributed by atoms with Crippen LogP contribution in [0, 0.1) is 13.8 Å². The largest absolute Gasteiger partial charge is 0.455 e. The van der Waals surface area contributed by atoms with Crippen LogP contribution in [0.25, 0.3) is 0 Å². The van der Waals surface area contributed by atoms with Crippen molar-refractivity contribution >= 4 is 11.6 Å². The Bertz CT molecular complexity index is 525. The Kier molecular flexibility index (Phi) is 3.64. The summed E-state index contributed by atoms with van der Waals surface area (Å²) in [7, 11) is 0. The molecule has 0 fully saturated rings. The minimum atomic E-state index is 0.441. The maximum Gasteiger partial charge on any atom is 0.146 e. The summed E-state index contributed by atoms with van der Waals surface area (Å²) < 4.78 is 5.81. The summed E-state index contributed by atoms with van der Waals surface area (Å²) in [6.07, 6.45) is 3.43. The van der Waals surface area contributed by atoms with Crippen molar-refractivity contribution in [3.8, 4) is 11.5 Å². The van der Waals surface area contributed by atoms with E-state index in [-0.39, 0.29) is 0 Å². The van der Waals surface area contributed by atoms with Crippen molar-refractivity contribution in [2.75, 3.05) is 0 Å². The van der Waals surface area contributed by atoms with Gasteiger partial charge in [0, 0.05) is 12.1 Å². The third kappa shape index (κ3) is 2.77. The first-order chi connectivity index (χ1) is 8.20. The molecule has 0 aliphatic carbocycles. The molecule has 1 aromatic heterocycles. The van der Waals surface area contributed by atoms with Crippen LogP contribution in [-0.2, 0) is 5.88 Å². The molecule has 0 aliphatic rings. The number of halogens is 1. The third-order valence-electron chi connectivity index (χ3n) is 2.71. The molecular weight excluding hydrogens is 234 g/mol. The Morgan fingerprint density at radius 2 is 2.06 bits per heavy atom. The average molecular weight is 248 g/mol. The van der Waals surface area contributed by atoms with E-state index in [1.165, 1.54) is 5.56 Å². The average Bonchev–Trinajstić information content (AvgIpc) is 2.35. The van der Waals surface area contributed by atoms with E-state index in [4.69, 9.17) is 16.3 Å². The minimum absolute atomic E-state index is 0.441. The smallest absolute Gasteiger partial charge is 0.146 e. The fraction of sp³-hybridized carbons (Fsp3) is 0.214. The number of hydrogen-bond donors (Lipinski definition) is 0. The number of aryl methyl sites for hydroxylation is 1. The van der Waals surface area contributed by atoms with Gasteiger partial charge in [0.1, 0.15) is 11.5 Å². The number of aromatic nitrogens is 1. The number of pyridine rings is 1. The molecule has 2 nitrogen and oxygen atoms in total. The lowest BCUT2D eigenvalue weighted by molar-refractivity contribution is 0.475. The first-order valence-corrected chi connectivity index (χ1v) is 5.98. The van der Waals surface area contributed by atoms with E-state index in [0.29, 0.717) is 5.88 Å². The molecule has 0 atom stereocenters. The zero-order valence-corrected chi connectivity index (χ0v) is 10.7. The SMILES string of the molecule is Cc1cccc(Oc2cncc(CCl)c2)c1C. The molecule has 88 valence electrons. The van der Waals surface area contributed by atoms with Crippen LogP contribution in [0.5, 0.6) is 11.5 Å². The molecule has 0 bridgehead atoms. The van der Waals surface area contributed by atoms with E-state index in [9.17, 15) is 0 Å². The Morgan fingerprint density at radius 1 is 1.24 bits per heavy atom. The molecular formula is C14H14ClNO. The Labute approximate surface area is 106 Å². The summed E-state index contributed by atoms with van der Waals surface area (Å²) >= 11 is 5.76. The van der Waals surface area contributed by atoms with Crippen LogP contribution in [0.2, 0.25) is 0 Å². The second kappa shape index (κ2) is 5.19. The van der Waals surface area contributed by atoms with Gasteiger partial charge in [-0.1, -0.05) is 12.1 Å². The van der Waals surface area contributed by atoms with E-state index >= 15 is 0 Å². The van der Waals surface area contributed by atoms with Gasteiger partial charge in [-0.15, -0.1) is 11.6 Å². The van der Waals surface area contributed by atoms with Crippen LogP contribution in [0.4, 0.5) is 0 Å². The highest BCUT2D eigenvalue weighted by atomic mass is 35.5. The van der Waals surface area contributed by atoms with Crippen molar-refractivity contribution in [3.05, 3.63) is 53.3 Å². The Hall–Kier alpha value is -1.54. The van der Waals surface area contributed by atoms with Crippen LogP contribution in [0.1, 0.15) is 16.7 Å². The van der Waals surface area contributed by atoms with Crippen LogP contribution in [-0.4, -0.2) is 4.98 Å². The highest BCUT2D eigenvalue weighted by Gasteiger charge is 2.04. The van der Waals surface area contributed by atoms with Crippen molar-refractivity contribution in [2.45, 2.75) is 19.7 Å². The van der Waals surface area contributed by atoms with Crippen molar-refractivity contribution < 1.29 is 4.74 Å².